The molecule has 0 N–H and O–H groups in total. The van der Waals surface area contributed by atoms with Gasteiger partial charge in [0, 0.05) is 19.0 Å². The van der Waals surface area contributed by atoms with E-state index in [4.69, 9.17) is 0 Å². The number of nitrogens with zero attached hydrogens (tertiary/aromatic N) is 1. The zero-order chi connectivity index (χ0) is 13.8. The monoisotopic (exact) mass is 285 g/mol. The highest BCUT2D eigenvalue weighted by molar-refractivity contribution is 7.07. The molecule has 0 radical (unpaired) electrons. The van der Waals surface area contributed by atoms with Crippen LogP contribution in [-0.4, -0.2) is 23.3 Å². The minimum absolute atomic E-state index is 0.318. The normalized spacial score (nSPS) is 14.7. The summed E-state index contributed by atoms with van der Waals surface area (Å²) in [6.45, 7) is 1.49. The third-order valence-corrected chi connectivity index (χ3v) is 4.38. The number of carbonyl (C=O) groups excluding carboxylic acids is 1. The van der Waals surface area contributed by atoms with Crippen LogP contribution >= 0.6 is 11.3 Å². The van der Waals surface area contributed by atoms with Crippen LogP contribution in [0.25, 0.3) is 0 Å². The standard InChI is InChI=1S/C17H19NOS/c19-17(10-14-4-2-1-3-5-14)12-18(16-6-7-16)11-15-8-9-20-13-15/h1-5,8-9,13,16H,6-7,10-12H2. The maximum atomic E-state index is 12.2. The van der Waals surface area contributed by atoms with Gasteiger partial charge in [0.2, 0.25) is 0 Å². The van der Waals surface area contributed by atoms with E-state index in [9.17, 15) is 4.79 Å². The van der Waals surface area contributed by atoms with Crippen LogP contribution in [-0.2, 0) is 17.8 Å². The summed E-state index contributed by atoms with van der Waals surface area (Å²) in [4.78, 5) is 14.6. The van der Waals surface area contributed by atoms with Crippen molar-refractivity contribution < 1.29 is 4.79 Å². The Labute approximate surface area is 124 Å². The summed E-state index contributed by atoms with van der Waals surface area (Å²) < 4.78 is 0. The minimum atomic E-state index is 0.318. The van der Waals surface area contributed by atoms with E-state index < -0.39 is 0 Å². The van der Waals surface area contributed by atoms with Crippen LogP contribution < -0.4 is 0 Å². The molecule has 0 saturated heterocycles. The van der Waals surface area contributed by atoms with Crippen molar-refractivity contribution in [1.29, 1.82) is 0 Å². The lowest BCUT2D eigenvalue weighted by atomic mass is 10.1. The zero-order valence-electron chi connectivity index (χ0n) is 11.5. The van der Waals surface area contributed by atoms with Gasteiger partial charge >= 0.3 is 0 Å². The van der Waals surface area contributed by atoms with Crippen molar-refractivity contribution in [3.8, 4) is 0 Å². The Bertz CT molecular complexity index is 546. The summed E-state index contributed by atoms with van der Waals surface area (Å²) in [5.41, 5.74) is 2.44. The summed E-state index contributed by atoms with van der Waals surface area (Å²) in [5.74, 6) is 0.318. The van der Waals surface area contributed by atoms with Crippen molar-refractivity contribution >= 4 is 17.1 Å². The molecule has 1 aromatic heterocycles. The highest BCUT2D eigenvalue weighted by Crippen LogP contribution is 2.28. The molecule has 1 aliphatic carbocycles. The highest BCUT2D eigenvalue weighted by atomic mass is 32.1. The second-order valence-electron chi connectivity index (χ2n) is 5.47. The minimum Gasteiger partial charge on any atom is -0.298 e. The van der Waals surface area contributed by atoms with Crippen LogP contribution in [0.2, 0.25) is 0 Å². The van der Waals surface area contributed by atoms with Gasteiger partial charge in [0.25, 0.3) is 0 Å². The first-order valence-electron chi connectivity index (χ1n) is 7.12. The molecule has 1 heterocycles. The third-order valence-electron chi connectivity index (χ3n) is 3.65. The van der Waals surface area contributed by atoms with Gasteiger partial charge in [-0.3, -0.25) is 9.69 Å². The molecule has 2 nitrogen and oxygen atoms in total. The first-order chi connectivity index (χ1) is 9.81. The average molecular weight is 285 g/mol. The molecule has 104 valence electrons. The molecule has 0 aliphatic heterocycles. The number of thiophene rings is 1. The van der Waals surface area contributed by atoms with Crippen molar-refractivity contribution in [3.05, 3.63) is 58.3 Å². The third kappa shape index (κ3) is 3.78. The van der Waals surface area contributed by atoms with Crippen LogP contribution in [0.1, 0.15) is 24.0 Å². The largest absolute Gasteiger partial charge is 0.298 e. The van der Waals surface area contributed by atoms with Gasteiger partial charge in [0.1, 0.15) is 0 Å². The predicted octanol–water partition coefficient (Wildman–Crippen LogP) is 3.52. The van der Waals surface area contributed by atoms with E-state index in [1.807, 2.05) is 30.3 Å². The molecule has 3 heteroatoms. The van der Waals surface area contributed by atoms with Crippen LogP contribution in [0.4, 0.5) is 0 Å². The fourth-order valence-electron chi connectivity index (χ4n) is 2.48. The van der Waals surface area contributed by atoms with E-state index >= 15 is 0 Å². The van der Waals surface area contributed by atoms with Gasteiger partial charge in [-0.05, 0) is 40.8 Å². The molecule has 1 fully saturated rings. The van der Waals surface area contributed by atoms with E-state index in [-0.39, 0.29) is 0 Å². The molecular formula is C17H19NOS. The van der Waals surface area contributed by atoms with Gasteiger partial charge in [0.05, 0.1) is 6.54 Å². The lowest BCUT2D eigenvalue weighted by Gasteiger charge is -2.20. The predicted molar refractivity (Wildman–Crippen MR) is 82.9 cm³/mol. The Morgan fingerprint density at radius 1 is 1.15 bits per heavy atom. The molecule has 3 rings (SSSR count). The highest BCUT2D eigenvalue weighted by Gasteiger charge is 2.30. The topological polar surface area (TPSA) is 20.3 Å². The maximum absolute atomic E-state index is 12.2. The lowest BCUT2D eigenvalue weighted by molar-refractivity contribution is -0.119. The molecular weight excluding hydrogens is 266 g/mol. The van der Waals surface area contributed by atoms with Crippen molar-refractivity contribution in [1.82, 2.24) is 4.90 Å². The Kier molecular flexibility index (Phi) is 4.28. The Balaban J connectivity index is 1.57. The second-order valence-corrected chi connectivity index (χ2v) is 6.25. The molecule has 0 bridgehead atoms. The van der Waals surface area contributed by atoms with E-state index in [1.54, 1.807) is 11.3 Å². The molecule has 0 spiro atoms. The lowest BCUT2D eigenvalue weighted by Crippen LogP contribution is -2.32. The van der Waals surface area contributed by atoms with Gasteiger partial charge in [0.15, 0.2) is 5.78 Å². The fraction of sp³-hybridized carbons (Fsp3) is 0.353. The van der Waals surface area contributed by atoms with E-state index in [1.165, 1.54) is 18.4 Å². The quantitative estimate of drug-likeness (QED) is 0.775. The number of rotatable bonds is 7. The second kappa shape index (κ2) is 6.33. The van der Waals surface area contributed by atoms with Gasteiger partial charge < -0.3 is 0 Å². The number of hydrogen-bond donors (Lipinski definition) is 0. The van der Waals surface area contributed by atoms with E-state index in [0.717, 1.165) is 12.1 Å². The Hall–Kier alpha value is -1.45. The smallest absolute Gasteiger partial charge is 0.151 e. The number of benzene rings is 1. The molecule has 20 heavy (non-hydrogen) atoms. The number of Topliss-reactive ketones (excluding diaryl/α,β-unsaturated/α-hetero) is 1. The summed E-state index contributed by atoms with van der Waals surface area (Å²) in [6.07, 6.45) is 3.03. The Morgan fingerprint density at radius 2 is 1.95 bits per heavy atom. The molecule has 1 aromatic carbocycles. The fourth-order valence-corrected chi connectivity index (χ4v) is 3.14. The summed E-state index contributed by atoms with van der Waals surface area (Å²) in [6, 6.07) is 12.8. The molecule has 1 aliphatic rings. The van der Waals surface area contributed by atoms with Crippen LogP contribution in [0.5, 0.6) is 0 Å². The van der Waals surface area contributed by atoms with Crippen molar-refractivity contribution in [2.45, 2.75) is 31.8 Å². The number of carbonyl (C=O) groups is 1. The molecule has 1 saturated carbocycles. The van der Waals surface area contributed by atoms with Crippen molar-refractivity contribution in [2.75, 3.05) is 6.54 Å². The SMILES string of the molecule is O=C(Cc1ccccc1)CN(Cc1ccsc1)C1CC1. The molecule has 0 atom stereocenters. The van der Waals surface area contributed by atoms with Crippen molar-refractivity contribution in [2.24, 2.45) is 0 Å². The molecule has 0 unspecified atom stereocenters. The summed E-state index contributed by atoms with van der Waals surface area (Å²) >= 11 is 1.72. The zero-order valence-corrected chi connectivity index (χ0v) is 12.3. The van der Waals surface area contributed by atoms with Gasteiger partial charge in [-0.25, -0.2) is 0 Å². The number of hydrogen-bond acceptors (Lipinski definition) is 3. The van der Waals surface area contributed by atoms with Crippen LogP contribution in [0.15, 0.2) is 47.2 Å². The Morgan fingerprint density at radius 3 is 2.60 bits per heavy atom. The van der Waals surface area contributed by atoms with Crippen LogP contribution in [0.3, 0.4) is 0 Å². The van der Waals surface area contributed by atoms with Gasteiger partial charge in [-0.2, -0.15) is 11.3 Å². The summed E-state index contributed by atoms with van der Waals surface area (Å²) in [7, 11) is 0. The maximum Gasteiger partial charge on any atom is 0.151 e. The molecule has 0 amide bonds. The first kappa shape index (κ1) is 13.5. The van der Waals surface area contributed by atoms with Crippen LogP contribution in [0, 0.1) is 0 Å². The molecule has 2 aromatic rings. The van der Waals surface area contributed by atoms with Gasteiger partial charge in [-0.15, -0.1) is 0 Å². The van der Waals surface area contributed by atoms with Crippen molar-refractivity contribution in [3.63, 3.8) is 0 Å². The first-order valence-corrected chi connectivity index (χ1v) is 8.06. The summed E-state index contributed by atoms with van der Waals surface area (Å²) in [5, 5.41) is 4.28. The van der Waals surface area contributed by atoms with E-state index in [0.29, 0.717) is 24.8 Å². The number of ketones is 1. The van der Waals surface area contributed by atoms with E-state index in [2.05, 4.69) is 21.7 Å². The average Bonchev–Trinajstić information content (AvgIpc) is 3.18. The van der Waals surface area contributed by atoms with Gasteiger partial charge in [-0.1, -0.05) is 30.3 Å².